The zero-order valence-corrected chi connectivity index (χ0v) is 17.4. The zero-order valence-electron chi connectivity index (χ0n) is 14.3. The van der Waals surface area contributed by atoms with Gasteiger partial charge in [-0.2, -0.15) is 0 Å². The lowest BCUT2D eigenvalue weighted by Crippen LogP contribution is -2.38. The highest BCUT2D eigenvalue weighted by Crippen LogP contribution is 2.26. The maximum atomic E-state index is 12.4. The van der Waals surface area contributed by atoms with E-state index < -0.39 is 6.36 Å². The van der Waals surface area contributed by atoms with Gasteiger partial charge in [0.05, 0.1) is 10.7 Å². The van der Waals surface area contributed by atoms with E-state index in [4.69, 9.17) is 0 Å². The lowest BCUT2D eigenvalue weighted by molar-refractivity contribution is -0.274. The summed E-state index contributed by atoms with van der Waals surface area (Å²) in [6.45, 7) is 2.72. The van der Waals surface area contributed by atoms with Crippen molar-refractivity contribution in [2.45, 2.75) is 26.3 Å². The minimum Gasteiger partial charge on any atom is -0.405 e. The van der Waals surface area contributed by atoms with Gasteiger partial charge in [0.25, 0.3) is 0 Å². The van der Waals surface area contributed by atoms with Gasteiger partial charge in [-0.3, -0.25) is 4.99 Å². The van der Waals surface area contributed by atoms with Crippen molar-refractivity contribution in [2.24, 2.45) is 4.99 Å². The number of aliphatic imine (C=N–C) groups is 1. The number of nitrogens with one attached hydrogen (secondary N) is 2. The molecule has 0 amide bonds. The van der Waals surface area contributed by atoms with Crippen LogP contribution in [0.3, 0.4) is 0 Å². The van der Waals surface area contributed by atoms with Crippen LogP contribution in [0.25, 0.3) is 0 Å². The van der Waals surface area contributed by atoms with E-state index in [9.17, 15) is 13.2 Å². The monoisotopic (exact) mass is 500 g/mol. The number of alkyl halides is 3. The van der Waals surface area contributed by atoms with Crippen molar-refractivity contribution >= 4 is 41.3 Å². The Labute approximate surface area is 171 Å². The average Bonchev–Trinajstić information content (AvgIpc) is 2.96. The summed E-state index contributed by atoms with van der Waals surface area (Å²) in [6.07, 6.45) is -3.99. The number of aryl methyl sites for hydroxylation is 1. The molecule has 0 aliphatic rings. The molecule has 2 aromatic rings. The van der Waals surface area contributed by atoms with Crippen LogP contribution in [0.2, 0.25) is 0 Å². The molecule has 26 heavy (non-hydrogen) atoms. The lowest BCUT2D eigenvalue weighted by Gasteiger charge is -2.15. The number of ether oxygens (including phenoxy) is 1. The Balaban J connectivity index is 0.00000338. The average molecular weight is 500 g/mol. The van der Waals surface area contributed by atoms with E-state index >= 15 is 0 Å². The first-order chi connectivity index (χ1) is 11.9. The first-order valence-electron chi connectivity index (χ1n) is 7.56. The predicted molar refractivity (Wildman–Crippen MR) is 107 cm³/mol. The topological polar surface area (TPSA) is 58.5 Å². The number of thiazole rings is 1. The largest absolute Gasteiger partial charge is 0.573 e. The fraction of sp³-hybridized carbons (Fsp3) is 0.375. The van der Waals surface area contributed by atoms with Crippen molar-refractivity contribution in [1.82, 2.24) is 15.6 Å². The first-order valence-corrected chi connectivity index (χ1v) is 8.44. The van der Waals surface area contributed by atoms with E-state index in [1.807, 2.05) is 12.3 Å². The summed E-state index contributed by atoms with van der Waals surface area (Å²) in [6, 6.07) is 6.00. The Morgan fingerprint density at radius 2 is 2.00 bits per heavy atom. The van der Waals surface area contributed by atoms with Crippen LogP contribution in [-0.2, 0) is 13.0 Å². The van der Waals surface area contributed by atoms with Gasteiger partial charge in [0.15, 0.2) is 5.96 Å². The van der Waals surface area contributed by atoms with Crippen LogP contribution in [0.1, 0.15) is 16.3 Å². The molecule has 144 valence electrons. The number of rotatable bonds is 6. The van der Waals surface area contributed by atoms with Crippen LogP contribution < -0.4 is 15.4 Å². The summed E-state index contributed by atoms with van der Waals surface area (Å²) in [4.78, 5) is 8.43. The normalized spacial score (nSPS) is 11.7. The van der Waals surface area contributed by atoms with Crippen molar-refractivity contribution in [2.75, 3.05) is 13.6 Å². The smallest absolute Gasteiger partial charge is 0.405 e. The van der Waals surface area contributed by atoms with Crippen LogP contribution in [0, 0.1) is 6.92 Å². The highest BCUT2D eigenvalue weighted by atomic mass is 127. The number of aromatic nitrogens is 1. The molecule has 1 aromatic carbocycles. The zero-order chi connectivity index (χ0) is 18.3. The van der Waals surface area contributed by atoms with Gasteiger partial charge < -0.3 is 15.4 Å². The summed E-state index contributed by atoms with van der Waals surface area (Å²) < 4.78 is 41.3. The Morgan fingerprint density at radius 3 is 2.62 bits per heavy atom. The highest BCUT2D eigenvalue weighted by Gasteiger charge is 2.31. The van der Waals surface area contributed by atoms with Gasteiger partial charge in [0.2, 0.25) is 0 Å². The molecule has 10 heteroatoms. The fourth-order valence-electron chi connectivity index (χ4n) is 2.11. The molecule has 0 bridgehead atoms. The van der Waals surface area contributed by atoms with Crippen molar-refractivity contribution in [1.29, 1.82) is 0 Å². The molecule has 0 saturated heterocycles. The summed E-state index contributed by atoms with van der Waals surface area (Å²) in [5, 5.41) is 9.09. The third-order valence-corrected chi connectivity index (χ3v) is 4.03. The van der Waals surface area contributed by atoms with Crippen molar-refractivity contribution in [3.63, 3.8) is 0 Å². The van der Waals surface area contributed by atoms with Crippen molar-refractivity contribution in [3.05, 3.63) is 45.9 Å². The molecule has 0 aliphatic heterocycles. The number of hydrogen-bond acceptors (Lipinski definition) is 4. The summed E-state index contributed by atoms with van der Waals surface area (Å²) in [7, 11) is 1.60. The molecule has 2 rings (SSSR count). The van der Waals surface area contributed by atoms with Crippen LogP contribution in [0.5, 0.6) is 5.75 Å². The Hall–Kier alpha value is -1.56. The second kappa shape index (κ2) is 10.6. The molecule has 0 saturated carbocycles. The molecule has 2 N–H and O–H groups in total. The number of para-hydroxylation sites is 1. The van der Waals surface area contributed by atoms with Crippen molar-refractivity contribution < 1.29 is 17.9 Å². The highest BCUT2D eigenvalue weighted by molar-refractivity contribution is 14.0. The lowest BCUT2D eigenvalue weighted by atomic mass is 10.2. The van der Waals surface area contributed by atoms with E-state index in [0.29, 0.717) is 18.1 Å². The first kappa shape index (κ1) is 22.5. The molecule has 0 aliphatic carbocycles. The summed E-state index contributed by atoms with van der Waals surface area (Å²) in [5.41, 5.74) is 1.38. The number of guanidine groups is 1. The van der Waals surface area contributed by atoms with E-state index in [2.05, 4.69) is 25.3 Å². The van der Waals surface area contributed by atoms with Gasteiger partial charge in [-0.1, -0.05) is 18.2 Å². The molecule has 0 unspecified atom stereocenters. The third-order valence-electron chi connectivity index (χ3n) is 3.21. The van der Waals surface area contributed by atoms with Gasteiger partial charge in [0, 0.05) is 37.5 Å². The van der Waals surface area contributed by atoms with E-state index in [1.165, 1.54) is 12.1 Å². The van der Waals surface area contributed by atoms with Gasteiger partial charge in [-0.25, -0.2) is 4.98 Å². The third kappa shape index (κ3) is 7.77. The molecule has 0 spiro atoms. The molecular formula is C16H20F3IN4OS. The minimum atomic E-state index is -4.72. The van der Waals surface area contributed by atoms with Crippen LogP contribution >= 0.6 is 35.3 Å². The summed E-state index contributed by atoms with van der Waals surface area (Å²) in [5.74, 6) is 0.268. The number of halogens is 4. The SMILES string of the molecule is CN=C(NCCc1csc(C)n1)NCc1ccccc1OC(F)(F)F.I. The fourth-order valence-corrected chi connectivity index (χ4v) is 2.75. The summed E-state index contributed by atoms with van der Waals surface area (Å²) >= 11 is 1.59. The number of nitrogens with zero attached hydrogens (tertiary/aromatic N) is 2. The standard InChI is InChI=1S/C16H19F3N4OS.HI/c1-11-23-13(10-25-11)7-8-21-15(20-2)22-9-12-5-3-4-6-14(12)24-16(17,18)19;/h3-6,10H,7-9H2,1-2H3,(H2,20,21,22);1H. The quantitative estimate of drug-likeness (QED) is 0.359. The molecule has 0 fully saturated rings. The van der Waals surface area contributed by atoms with E-state index in [-0.39, 0.29) is 36.3 Å². The number of benzene rings is 1. The number of hydrogen-bond donors (Lipinski definition) is 2. The Morgan fingerprint density at radius 1 is 1.27 bits per heavy atom. The molecule has 1 aromatic heterocycles. The molecular weight excluding hydrogens is 480 g/mol. The maximum absolute atomic E-state index is 12.4. The Kier molecular flexibility index (Phi) is 9.13. The second-order valence-electron chi connectivity index (χ2n) is 5.12. The van der Waals surface area contributed by atoms with Gasteiger partial charge in [-0.05, 0) is 13.0 Å². The molecule has 0 atom stereocenters. The predicted octanol–water partition coefficient (Wildman–Crippen LogP) is 3.88. The van der Waals surface area contributed by atoms with E-state index in [1.54, 1.807) is 30.5 Å². The van der Waals surface area contributed by atoms with Crippen LogP contribution in [0.15, 0.2) is 34.6 Å². The van der Waals surface area contributed by atoms with Gasteiger partial charge >= 0.3 is 6.36 Å². The minimum absolute atomic E-state index is 0. The Bertz CT molecular complexity index is 722. The van der Waals surface area contributed by atoms with Gasteiger partial charge in [0.1, 0.15) is 5.75 Å². The van der Waals surface area contributed by atoms with Crippen LogP contribution in [0.4, 0.5) is 13.2 Å². The van der Waals surface area contributed by atoms with Crippen molar-refractivity contribution in [3.8, 4) is 5.75 Å². The second-order valence-corrected chi connectivity index (χ2v) is 6.18. The van der Waals surface area contributed by atoms with Gasteiger partial charge in [-0.15, -0.1) is 48.5 Å². The maximum Gasteiger partial charge on any atom is 0.573 e. The van der Waals surface area contributed by atoms with Crippen LogP contribution in [-0.4, -0.2) is 30.9 Å². The molecule has 0 radical (unpaired) electrons. The van der Waals surface area contributed by atoms with E-state index in [0.717, 1.165) is 17.1 Å². The molecule has 5 nitrogen and oxygen atoms in total. The molecule has 1 heterocycles.